The van der Waals surface area contributed by atoms with Crippen LogP contribution in [0.5, 0.6) is 5.75 Å². The normalized spacial score (nSPS) is 10.5. The first-order valence-corrected chi connectivity index (χ1v) is 8.32. The highest BCUT2D eigenvalue weighted by atomic mass is 16.5. The average Bonchev–Trinajstić information content (AvgIpc) is 2.71. The van der Waals surface area contributed by atoms with Crippen molar-refractivity contribution in [3.63, 3.8) is 0 Å². The van der Waals surface area contributed by atoms with Crippen LogP contribution in [-0.4, -0.2) is 76.2 Å². The maximum atomic E-state index is 12.4. The fraction of sp³-hybridized carbons (Fsp3) is 0.368. The molecule has 0 saturated heterocycles. The molecule has 0 atom stereocenters. The zero-order valence-electron chi connectivity index (χ0n) is 16.0. The SMILES string of the molecule is COCCN(CCOC)C(=O)C(=O)c1ccc(OC(=O)/C=C/C(=O)OC)cc1. The van der Waals surface area contributed by atoms with Crippen molar-refractivity contribution < 1.29 is 38.1 Å². The molecule has 0 spiro atoms. The van der Waals surface area contributed by atoms with E-state index < -0.39 is 23.6 Å². The molecule has 1 aromatic rings. The van der Waals surface area contributed by atoms with E-state index in [-0.39, 0.29) is 37.6 Å². The summed E-state index contributed by atoms with van der Waals surface area (Å²) in [5, 5.41) is 0. The van der Waals surface area contributed by atoms with Crippen molar-refractivity contribution in [1.82, 2.24) is 4.90 Å². The Balaban J connectivity index is 2.75. The highest BCUT2D eigenvalue weighted by molar-refractivity contribution is 6.42. The number of amides is 1. The lowest BCUT2D eigenvalue weighted by Crippen LogP contribution is -2.40. The van der Waals surface area contributed by atoms with E-state index in [0.717, 1.165) is 12.2 Å². The molecule has 9 nitrogen and oxygen atoms in total. The Labute approximate surface area is 162 Å². The number of benzene rings is 1. The lowest BCUT2D eigenvalue weighted by molar-refractivity contribution is -0.135. The Morgan fingerprint density at radius 3 is 1.89 bits per heavy atom. The van der Waals surface area contributed by atoms with Gasteiger partial charge in [0.15, 0.2) is 0 Å². The van der Waals surface area contributed by atoms with Crippen LogP contribution in [0.4, 0.5) is 0 Å². The van der Waals surface area contributed by atoms with Gasteiger partial charge in [0, 0.05) is 45.0 Å². The van der Waals surface area contributed by atoms with Crippen LogP contribution in [0.2, 0.25) is 0 Å². The largest absolute Gasteiger partial charge is 0.466 e. The van der Waals surface area contributed by atoms with Crippen LogP contribution in [0.15, 0.2) is 36.4 Å². The van der Waals surface area contributed by atoms with Crippen molar-refractivity contribution in [2.24, 2.45) is 0 Å². The monoisotopic (exact) mass is 393 g/mol. The fourth-order valence-electron chi connectivity index (χ4n) is 2.01. The minimum Gasteiger partial charge on any atom is -0.466 e. The molecule has 1 aromatic carbocycles. The number of hydrogen-bond acceptors (Lipinski definition) is 8. The molecule has 0 bridgehead atoms. The number of ketones is 1. The molecular formula is C19H23NO8. The van der Waals surface area contributed by atoms with Gasteiger partial charge in [0.2, 0.25) is 5.78 Å². The number of nitrogens with zero attached hydrogens (tertiary/aromatic N) is 1. The summed E-state index contributed by atoms with van der Waals surface area (Å²) in [6.45, 7) is 1.09. The molecule has 1 amide bonds. The quantitative estimate of drug-likeness (QED) is 0.177. The maximum absolute atomic E-state index is 12.4. The van der Waals surface area contributed by atoms with Gasteiger partial charge in [-0.25, -0.2) is 9.59 Å². The molecule has 0 aliphatic rings. The summed E-state index contributed by atoms with van der Waals surface area (Å²) in [6.07, 6.45) is 1.84. The summed E-state index contributed by atoms with van der Waals surface area (Å²) in [5.41, 5.74) is 0.148. The third-order valence-electron chi connectivity index (χ3n) is 3.50. The van der Waals surface area contributed by atoms with Crippen molar-refractivity contribution in [1.29, 1.82) is 0 Å². The fourth-order valence-corrected chi connectivity index (χ4v) is 2.01. The molecule has 0 unspecified atom stereocenters. The third kappa shape index (κ3) is 7.68. The lowest BCUT2D eigenvalue weighted by Gasteiger charge is -2.21. The minimum absolute atomic E-state index is 0.148. The van der Waals surface area contributed by atoms with E-state index in [4.69, 9.17) is 14.2 Å². The number of esters is 2. The molecule has 0 saturated carbocycles. The number of carbonyl (C=O) groups excluding carboxylic acids is 4. The zero-order valence-corrected chi connectivity index (χ0v) is 16.0. The van der Waals surface area contributed by atoms with Gasteiger partial charge in [-0.15, -0.1) is 0 Å². The molecular weight excluding hydrogens is 370 g/mol. The second-order valence-electron chi connectivity index (χ2n) is 5.41. The lowest BCUT2D eigenvalue weighted by atomic mass is 10.1. The molecule has 28 heavy (non-hydrogen) atoms. The second kappa shape index (κ2) is 12.4. The van der Waals surface area contributed by atoms with Gasteiger partial charge < -0.3 is 23.8 Å². The van der Waals surface area contributed by atoms with Crippen LogP contribution in [0.25, 0.3) is 0 Å². The Morgan fingerprint density at radius 2 is 1.39 bits per heavy atom. The van der Waals surface area contributed by atoms with Crippen LogP contribution < -0.4 is 4.74 Å². The number of methoxy groups -OCH3 is 3. The van der Waals surface area contributed by atoms with E-state index in [1.165, 1.54) is 50.5 Å². The second-order valence-corrected chi connectivity index (χ2v) is 5.41. The Kier molecular flexibility index (Phi) is 10.2. The topological polar surface area (TPSA) is 108 Å². The van der Waals surface area contributed by atoms with Gasteiger partial charge >= 0.3 is 11.9 Å². The predicted molar refractivity (Wildman–Crippen MR) is 97.9 cm³/mol. The van der Waals surface area contributed by atoms with Crippen molar-refractivity contribution >= 4 is 23.6 Å². The molecule has 0 heterocycles. The maximum Gasteiger partial charge on any atom is 0.336 e. The standard InChI is InChI=1S/C19H23NO8/c1-25-12-10-20(11-13-26-2)19(24)18(23)14-4-6-15(7-5-14)28-17(22)9-8-16(21)27-3/h4-9H,10-13H2,1-3H3/b9-8+. The molecule has 0 N–H and O–H groups in total. The summed E-state index contributed by atoms with van der Waals surface area (Å²) in [4.78, 5) is 48.7. The first kappa shape index (κ1) is 23.0. The highest BCUT2D eigenvalue weighted by Gasteiger charge is 2.23. The van der Waals surface area contributed by atoms with E-state index in [1.807, 2.05) is 0 Å². The molecule has 0 aliphatic carbocycles. The summed E-state index contributed by atoms with van der Waals surface area (Å²) in [7, 11) is 4.18. The molecule has 0 aliphatic heterocycles. The van der Waals surface area contributed by atoms with E-state index in [2.05, 4.69) is 4.74 Å². The summed E-state index contributed by atoms with van der Waals surface area (Å²) < 4.78 is 19.3. The predicted octanol–water partition coefficient (Wildman–Crippen LogP) is 0.625. The first-order valence-electron chi connectivity index (χ1n) is 8.32. The summed E-state index contributed by atoms with van der Waals surface area (Å²) in [5.74, 6) is -2.71. The summed E-state index contributed by atoms with van der Waals surface area (Å²) >= 11 is 0. The van der Waals surface area contributed by atoms with Gasteiger partial charge in [-0.3, -0.25) is 9.59 Å². The van der Waals surface area contributed by atoms with Crippen LogP contribution in [-0.2, 0) is 28.6 Å². The van der Waals surface area contributed by atoms with Gasteiger partial charge in [0.1, 0.15) is 5.75 Å². The van der Waals surface area contributed by atoms with Crippen LogP contribution in [0.1, 0.15) is 10.4 Å². The molecule has 0 radical (unpaired) electrons. The van der Waals surface area contributed by atoms with E-state index in [0.29, 0.717) is 0 Å². The van der Waals surface area contributed by atoms with E-state index in [1.54, 1.807) is 0 Å². The highest BCUT2D eigenvalue weighted by Crippen LogP contribution is 2.14. The molecule has 1 rings (SSSR count). The summed E-state index contributed by atoms with van der Waals surface area (Å²) in [6, 6.07) is 5.49. The van der Waals surface area contributed by atoms with Gasteiger partial charge in [0.05, 0.1) is 20.3 Å². The zero-order chi connectivity index (χ0) is 20.9. The first-order chi connectivity index (χ1) is 13.4. The van der Waals surface area contributed by atoms with Crippen molar-refractivity contribution in [2.75, 3.05) is 47.6 Å². The number of hydrogen-bond donors (Lipinski definition) is 0. The Morgan fingerprint density at radius 1 is 0.857 bits per heavy atom. The number of carbonyl (C=O) groups is 4. The number of ether oxygens (including phenoxy) is 4. The Bertz CT molecular complexity index is 703. The van der Waals surface area contributed by atoms with Gasteiger partial charge in [-0.1, -0.05) is 0 Å². The van der Waals surface area contributed by atoms with E-state index >= 15 is 0 Å². The molecule has 0 aromatic heterocycles. The average molecular weight is 393 g/mol. The third-order valence-corrected chi connectivity index (χ3v) is 3.50. The van der Waals surface area contributed by atoms with Crippen LogP contribution >= 0.6 is 0 Å². The smallest absolute Gasteiger partial charge is 0.336 e. The molecule has 152 valence electrons. The van der Waals surface area contributed by atoms with Gasteiger partial charge in [-0.05, 0) is 24.3 Å². The van der Waals surface area contributed by atoms with Crippen molar-refractivity contribution in [2.45, 2.75) is 0 Å². The molecule has 9 heteroatoms. The number of Topliss-reactive ketones (excluding diaryl/α,β-unsaturated/α-hetero) is 1. The van der Waals surface area contributed by atoms with Crippen LogP contribution in [0.3, 0.4) is 0 Å². The van der Waals surface area contributed by atoms with Gasteiger partial charge in [-0.2, -0.15) is 0 Å². The molecule has 0 fully saturated rings. The van der Waals surface area contributed by atoms with Crippen molar-refractivity contribution in [3.8, 4) is 5.75 Å². The Hall–Kier alpha value is -3.04. The van der Waals surface area contributed by atoms with Crippen molar-refractivity contribution in [3.05, 3.63) is 42.0 Å². The van der Waals surface area contributed by atoms with Gasteiger partial charge in [0.25, 0.3) is 5.91 Å². The minimum atomic E-state index is -0.786. The number of rotatable bonds is 11. The van der Waals surface area contributed by atoms with Crippen LogP contribution in [0, 0.1) is 0 Å². The van der Waals surface area contributed by atoms with E-state index in [9.17, 15) is 19.2 Å².